The largest absolute Gasteiger partial charge is 0.467 e. The van der Waals surface area contributed by atoms with Gasteiger partial charge in [-0.2, -0.15) is 0 Å². The molecule has 0 bridgehead atoms. The number of rotatable bonds is 4. The molecule has 4 nitrogen and oxygen atoms in total. The predicted molar refractivity (Wildman–Crippen MR) is 49.5 cm³/mol. The van der Waals surface area contributed by atoms with Gasteiger partial charge in [-0.05, 0) is 6.42 Å². The summed E-state index contributed by atoms with van der Waals surface area (Å²) in [4.78, 5) is 0. The van der Waals surface area contributed by atoms with E-state index in [9.17, 15) is 0 Å². The molecule has 0 spiro atoms. The summed E-state index contributed by atoms with van der Waals surface area (Å²) >= 11 is 3.34. The van der Waals surface area contributed by atoms with Gasteiger partial charge in [0.15, 0.2) is 0 Å². The first kappa shape index (κ1) is 9.51. The van der Waals surface area contributed by atoms with Crippen molar-refractivity contribution in [3.05, 3.63) is 5.82 Å². The molecule has 0 N–H and O–H groups in total. The summed E-state index contributed by atoms with van der Waals surface area (Å²) < 4.78 is 7.02. The summed E-state index contributed by atoms with van der Waals surface area (Å²) in [7, 11) is 1.61. The third-order valence-electron chi connectivity index (χ3n) is 1.54. The number of ether oxygens (including phenoxy) is 1. The molecule has 12 heavy (non-hydrogen) atoms. The topological polar surface area (TPSA) is 39.9 Å². The van der Waals surface area contributed by atoms with Crippen LogP contribution in [0.15, 0.2) is 0 Å². The van der Waals surface area contributed by atoms with E-state index in [0.29, 0.717) is 11.3 Å². The lowest BCUT2D eigenvalue weighted by Gasteiger charge is -2.04. The third-order valence-corrected chi connectivity index (χ3v) is 2.04. The molecule has 0 saturated heterocycles. The van der Waals surface area contributed by atoms with Crippen LogP contribution in [0, 0.1) is 0 Å². The van der Waals surface area contributed by atoms with Crippen molar-refractivity contribution in [1.82, 2.24) is 14.8 Å². The number of methoxy groups -OCH3 is 1. The van der Waals surface area contributed by atoms with Crippen LogP contribution in [0.1, 0.15) is 19.2 Å². The second-order valence-corrected chi connectivity index (χ2v) is 2.95. The summed E-state index contributed by atoms with van der Waals surface area (Å²) in [6.07, 6.45) is 1.05. The number of nitrogens with zero attached hydrogens (tertiary/aromatic N) is 3. The fourth-order valence-electron chi connectivity index (χ4n) is 1.02. The molecule has 0 atom stereocenters. The summed E-state index contributed by atoms with van der Waals surface area (Å²) in [5, 5.41) is 8.56. The number of aromatic nitrogens is 3. The minimum Gasteiger partial charge on any atom is -0.467 e. The molecule has 68 valence electrons. The predicted octanol–water partition coefficient (Wildman–Crippen LogP) is 1.59. The Hall–Kier alpha value is -0.580. The monoisotopic (exact) mass is 233 g/mol. The van der Waals surface area contributed by atoms with E-state index < -0.39 is 0 Å². The fourth-order valence-corrected chi connectivity index (χ4v) is 1.43. The maximum absolute atomic E-state index is 5.05. The van der Waals surface area contributed by atoms with Crippen LogP contribution in [-0.4, -0.2) is 21.9 Å². The molecule has 0 fully saturated rings. The van der Waals surface area contributed by atoms with Crippen molar-refractivity contribution in [2.24, 2.45) is 0 Å². The van der Waals surface area contributed by atoms with Gasteiger partial charge >= 0.3 is 6.01 Å². The Bertz CT molecular complexity index is 227. The van der Waals surface area contributed by atoms with Gasteiger partial charge < -0.3 is 4.74 Å². The Morgan fingerprint density at radius 3 is 2.75 bits per heavy atom. The molecule has 0 aromatic carbocycles. The Morgan fingerprint density at radius 1 is 1.50 bits per heavy atom. The van der Waals surface area contributed by atoms with Crippen molar-refractivity contribution in [3.63, 3.8) is 0 Å². The Morgan fingerprint density at radius 2 is 2.25 bits per heavy atom. The van der Waals surface area contributed by atoms with Crippen molar-refractivity contribution >= 4 is 15.9 Å². The van der Waals surface area contributed by atoms with Crippen LogP contribution in [0.25, 0.3) is 0 Å². The van der Waals surface area contributed by atoms with Crippen LogP contribution in [0.3, 0.4) is 0 Å². The first-order chi connectivity index (χ1) is 5.83. The number of hydrogen-bond acceptors (Lipinski definition) is 3. The van der Waals surface area contributed by atoms with Gasteiger partial charge in [-0.3, -0.25) is 4.57 Å². The van der Waals surface area contributed by atoms with Crippen LogP contribution in [0.5, 0.6) is 6.01 Å². The number of hydrogen-bond donors (Lipinski definition) is 0. The second kappa shape index (κ2) is 4.45. The molecular formula is C7H12BrN3O. The zero-order valence-electron chi connectivity index (χ0n) is 7.25. The number of alkyl halides is 1. The Labute approximate surface area is 80.1 Å². The standard InChI is InChI=1S/C7H12BrN3O/c1-3-4-11-6(5-8)9-10-7(11)12-2/h3-5H2,1-2H3. The summed E-state index contributed by atoms with van der Waals surface area (Å²) in [6.45, 7) is 3.01. The third kappa shape index (κ3) is 1.77. The molecule has 1 heterocycles. The van der Waals surface area contributed by atoms with Gasteiger partial charge in [0.25, 0.3) is 0 Å². The highest BCUT2D eigenvalue weighted by atomic mass is 79.9. The van der Waals surface area contributed by atoms with Crippen LogP contribution >= 0.6 is 15.9 Å². The van der Waals surface area contributed by atoms with Crippen molar-refractivity contribution in [3.8, 4) is 6.01 Å². The first-order valence-corrected chi connectivity index (χ1v) is 4.97. The molecule has 0 unspecified atom stereocenters. The van der Waals surface area contributed by atoms with Gasteiger partial charge in [0, 0.05) is 6.54 Å². The maximum atomic E-state index is 5.05. The zero-order valence-corrected chi connectivity index (χ0v) is 8.84. The molecule has 0 amide bonds. The first-order valence-electron chi connectivity index (χ1n) is 3.85. The molecular weight excluding hydrogens is 222 g/mol. The second-order valence-electron chi connectivity index (χ2n) is 2.39. The van der Waals surface area contributed by atoms with Gasteiger partial charge in [-0.25, -0.2) is 0 Å². The van der Waals surface area contributed by atoms with Gasteiger partial charge in [0.05, 0.1) is 12.4 Å². The highest BCUT2D eigenvalue weighted by Gasteiger charge is 2.09. The molecule has 1 aromatic rings. The molecule has 0 radical (unpaired) electrons. The van der Waals surface area contributed by atoms with Crippen molar-refractivity contribution in [2.75, 3.05) is 7.11 Å². The quantitative estimate of drug-likeness (QED) is 0.742. The highest BCUT2D eigenvalue weighted by molar-refractivity contribution is 9.08. The molecule has 5 heteroatoms. The molecule has 0 aliphatic heterocycles. The van der Waals surface area contributed by atoms with E-state index in [1.807, 2.05) is 4.57 Å². The van der Waals surface area contributed by atoms with Crippen LogP contribution in [0.2, 0.25) is 0 Å². The van der Waals surface area contributed by atoms with Crippen molar-refractivity contribution < 1.29 is 4.74 Å². The van der Waals surface area contributed by atoms with Gasteiger partial charge in [0.1, 0.15) is 5.82 Å². The van der Waals surface area contributed by atoms with E-state index in [1.165, 1.54) is 0 Å². The van der Waals surface area contributed by atoms with Gasteiger partial charge in [0.2, 0.25) is 0 Å². The van der Waals surface area contributed by atoms with E-state index in [2.05, 4.69) is 33.1 Å². The lowest BCUT2D eigenvalue weighted by molar-refractivity contribution is 0.353. The summed E-state index contributed by atoms with van der Waals surface area (Å²) in [6, 6.07) is 0.589. The van der Waals surface area contributed by atoms with Crippen LogP contribution in [0.4, 0.5) is 0 Å². The minimum atomic E-state index is 0.589. The lowest BCUT2D eigenvalue weighted by Crippen LogP contribution is -2.03. The zero-order chi connectivity index (χ0) is 8.97. The minimum absolute atomic E-state index is 0.589. The maximum Gasteiger partial charge on any atom is 0.316 e. The normalized spacial score (nSPS) is 10.2. The highest BCUT2D eigenvalue weighted by Crippen LogP contribution is 2.12. The SMILES string of the molecule is CCCn1c(CBr)nnc1OC. The van der Waals surface area contributed by atoms with Gasteiger partial charge in [-0.1, -0.05) is 28.0 Å². The van der Waals surface area contributed by atoms with Gasteiger partial charge in [-0.15, -0.1) is 5.10 Å². The molecule has 0 saturated carbocycles. The van der Waals surface area contributed by atoms with E-state index in [1.54, 1.807) is 7.11 Å². The van der Waals surface area contributed by atoms with Crippen LogP contribution in [-0.2, 0) is 11.9 Å². The van der Waals surface area contributed by atoms with E-state index in [4.69, 9.17) is 4.74 Å². The average molecular weight is 234 g/mol. The molecule has 0 aliphatic rings. The fraction of sp³-hybridized carbons (Fsp3) is 0.714. The number of halogens is 1. The van der Waals surface area contributed by atoms with Crippen molar-refractivity contribution in [2.45, 2.75) is 25.2 Å². The summed E-state index contributed by atoms with van der Waals surface area (Å²) in [5.41, 5.74) is 0. The molecule has 1 rings (SSSR count). The smallest absolute Gasteiger partial charge is 0.316 e. The Balaban J connectivity index is 2.90. The van der Waals surface area contributed by atoms with Crippen molar-refractivity contribution in [1.29, 1.82) is 0 Å². The molecule has 1 aromatic heterocycles. The summed E-state index contributed by atoms with van der Waals surface area (Å²) in [5.74, 6) is 0.911. The average Bonchev–Trinajstić information content (AvgIpc) is 2.48. The van der Waals surface area contributed by atoms with E-state index in [0.717, 1.165) is 18.8 Å². The van der Waals surface area contributed by atoms with E-state index >= 15 is 0 Å². The van der Waals surface area contributed by atoms with Crippen LogP contribution < -0.4 is 4.74 Å². The molecule has 0 aliphatic carbocycles. The lowest BCUT2D eigenvalue weighted by atomic mass is 10.5. The Kier molecular flexibility index (Phi) is 3.52. The van der Waals surface area contributed by atoms with E-state index in [-0.39, 0.29) is 0 Å².